The van der Waals surface area contributed by atoms with Gasteiger partial charge in [0.15, 0.2) is 0 Å². The molecule has 5 nitrogen and oxygen atoms in total. The Morgan fingerprint density at radius 3 is 2.65 bits per heavy atom. The largest absolute Gasteiger partial charge is 0.394 e. The highest BCUT2D eigenvalue weighted by molar-refractivity contribution is 6.42. The molecule has 0 saturated heterocycles. The lowest BCUT2D eigenvalue weighted by molar-refractivity contribution is -0.121. The van der Waals surface area contributed by atoms with Crippen molar-refractivity contribution in [3.63, 3.8) is 0 Å². The molecule has 23 heavy (non-hydrogen) atoms. The Kier molecular flexibility index (Phi) is 5.68. The molecule has 7 heteroatoms. The predicted molar refractivity (Wildman–Crippen MR) is 91.5 cm³/mol. The van der Waals surface area contributed by atoms with E-state index in [0.717, 1.165) is 22.6 Å². The molecule has 2 N–H and O–H groups in total. The second-order valence-electron chi connectivity index (χ2n) is 5.49. The van der Waals surface area contributed by atoms with Gasteiger partial charge in [0.05, 0.1) is 34.5 Å². The third-order valence-corrected chi connectivity index (χ3v) is 4.35. The maximum absolute atomic E-state index is 12.0. The molecule has 0 aliphatic rings. The van der Waals surface area contributed by atoms with Crippen LogP contribution in [-0.4, -0.2) is 33.4 Å². The SMILES string of the molecule is Cc1nn(-c2ccc(Cl)c(Cl)c2)c(C)c1CC(=O)N[C@@H](C)CO. The van der Waals surface area contributed by atoms with Crippen molar-refractivity contribution in [3.05, 3.63) is 45.2 Å². The molecule has 0 aliphatic heterocycles. The van der Waals surface area contributed by atoms with Gasteiger partial charge in [0.2, 0.25) is 5.91 Å². The highest BCUT2D eigenvalue weighted by atomic mass is 35.5. The first-order chi connectivity index (χ1) is 10.8. The van der Waals surface area contributed by atoms with Gasteiger partial charge in [0.25, 0.3) is 0 Å². The van der Waals surface area contributed by atoms with E-state index in [0.29, 0.717) is 10.0 Å². The number of rotatable bonds is 5. The Hall–Kier alpha value is -1.56. The Balaban J connectivity index is 2.28. The minimum Gasteiger partial charge on any atom is -0.394 e. The van der Waals surface area contributed by atoms with Gasteiger partial charge in [-0.1, -0.05) is 23.2 Å². The van der Waals surface area contributed by atoms with Crippen LogP contribution in [0.1, 0.15) is 23.9 Å². The average Bonchev–Trinajstić information content (AvgIpc) is 2.78. The van der Waals surface area contributed by atoms with E-state index in [1.54, 1.807) is 23.7 Å². The molecule has 0 bridgehead atoms. The molecule has 1 amide bonds. The van der Waals surface area contributed by atoms with Crippen LogP contribution < -0.4 is 5.32 Å². The lowest BCUT2D eigenvalue weighted by atomic mass is 10.1. The molecule has 1 heterocycles. The Morgan fingerprint density at radius 1 is 1.35 bits per heavy atom. The number of aliphatic hydroxyl groups is 1. The molecule has 2 aromatic rings. The van der Waals surface area contributed by atoms with E-state index in [1.165, 1.54) is 0 Å². The van der Waals surface area contributed by atoms with E-state index in [-0.39, 0.29) is 25.0 Å². The lowest BCUT2D eigenvalue weighted by Crippen LogP contribution is -2.36. The van der Waals surface area contributed by atoms with E-state index in [2.05, 4.69) is 10.4 Å². The first-order valence-corrected chi connectivity index (χ1v) is 7.99. The molecule has 0 fully saturated rings. The van der Waals surface area contributed by atoms with E-state index in [1.807, 2.05) is 19.9 Å². The summed E-state index contributed by atoms with van der Waals surface area (Å²) in [5.74, 6) is -0.147. The van der Waals surface area contributed by atoms with Crippen LogP contribution in [0.5, 0.6) is 0 Å². The second kappa shape index (κ2) is 7.34. The van der Waals surface area contributed by atoms with Crippen LogP contribution in [0.15, 0.2) is 18.2 Å². The van der Waals surface area contributed by atoms with Crippen molar-refractivity contribution in [1.29, 1.82) is 0 Å². The van der Waals surface area contributed by atoms with Gasteiger partial charge in [0.1, 0.15) is 0 Å². The number of benzene rings is 1. The van der Waals surface area contributed by atoms with Crippen LogP contribution in [0, 0.1) is 13.8 Å². The smallest absolute Gasteiger partial charge is 0.224 e. The van der Waals surface area contributed by atoms with Gasteiger partial charge in [-0.15, -0.1) is 0 Å². The van der Waals surface area contributed by atoms with Crippen molar-refractivity contribution in [2.75, 3.05) is 6.61 Å². The van der Waals surface area contributed by atoms with Crippen molar-refractivity contribution in [3.8, 4) is 5.69 Å². The zero-order valence-electron chi connectivity index (χ0n) is 13.2. The van der Waals surface area contributed by atoms with Crippen LogP contribution in [0.4, 0.5) is 0 Å². The number of aromatic nitrogens is 2. The quantitative estimate of drug-likeness (QED) is 0.866. The van der Waals surface area contributed by atoms with E-state index in [9.17, 15) is 4.79 Å². The first kappa shape index (κ1) is 17.8. The van der Waals surface area contributed by atoms with Gasteiger partial charge in [0, 0.05) is 17.3 Å². The zero-order valence-corrected chi connectivity index (χ0v) is 14.7. The Morgan fingerprint density at radius 2 is 2.04 bits per heavy atom. The molecule has 2 rings (SSSR count). The molecule has 0 saturated carbocycles. The van der Waals surface area contributed by atoms with Gasteiger partial charge in [-0.3, -0.25) is 4.79 Å². The Labute approximate surface area is 145 Å². The van der Waals surface area contributed by atoms with Gasteiger partial charge in [-0.05, 0) is 39.0 Å². The van der Waals surface area contributed by atoms with Gasteiger partial charge < -0.3 is 10.4 Å². The van der Waals surface area contributed by atoms with Crippen molar-refractivity contribution < 1.29 is 9.90 Å². The highest BCUT2D eigenvalue weighted by Gasteiger charge is 2.17. The third kappa shape index (κ3) is 4.05. The molecule has 0 spiro atoms. The minimum absolute atomic E-state index is 0.0910. The molecule has 1 aromatic carbocycles. The van der Waals surface area contributed by atoms with Crippen molar-refractivity contribution in [1.82, 2.24) is 15.1 Å². The maximum Gasteiger partial charge on any atom is 0.224 e. The fourth-order valence-electron chi connectivity index (χ4n) is 2.33. The number of aryl methyl sites for hydroxylation is 1. The molecule has 0 unspecified atom stereocenters. The monoisotopic (exact) mass is 355 g/mol. The number of carbonyl (C=O) groups is 1. The zero-order chi connectivity index (χ0) is 17.1. The number of nitrogens with one attached hydrogen (secondary N) is 1. The summed E-state index contributed by atoms with van der Waals surface area (Å²) in [6.07, 6.45) is 0.212. The predicted octanol–water partition coefficient (Wildman–Crippen LogP) is 2.84. The summed E-state index contributed by atoms with van der Waals surface area (Å²) in [5, 5.41) is 17.2. The number of halogens is 2. The maximum atomic E-state index is 12.0. The van der Waals surface area contributed by atoms with Crippen LogP contribution in [-0.2, 0) is 11.2 Å². The number of nitrogens with zero attached hydrogens (tertiary/aromatic N) is 2. The van der Waals surface area contributed by atoms with Crippen LogP contribution in [0.2, 0.25) is 10.0 Å². The minimum atomic E-state index is -0.270. The van der Waals surface area contributed by atoms with Crippen molar-refractivity contribution in [2.45, 2.75) is 33.2 Å². The summed E-state index contributed by atoms with van der Waals surface area (Å²) >= 11 is 12.0. The fraction of sp³-hybridized carbons (Fsp3) is 0.375. The highest BCUT2D eigenvalue weighted by Crippen LogP contribution is 2.26. The fourth-order valence-corrected chi connectivity index (χ4v) is 2.62. The molecule has 1 aromatic heterocycles. The number of carbonyl (C=O) groups excluding carboxylic acids is 1. The number of hydrogen-bond donors (Lipinski definition) is 2. The molecule has 0 radical (unpaired) electrons. The number of hydrogen-bond acceptors (Lipinski definition) is 3. The normalized spacial score (nSPS) is 12.3. The standard InChI is InChI=1S/C16H19Cl2N3O2/c1-9(8-22)19-16(23)7-13-10(2)20-21(11(13)3)12-4-5-14(17)15(18)6-12/h4-6,9,22H,7-8H2,1-3H3,(H,19,23)/t9-/m0/s1. The Bertz CT molecular complexity index is 728. The summed E-state index contributed by atoms with van der Waals surface area (Å²) in [5.41, 5.74) is 3.29. The average molecular weight is 356 g/mol. The molecular weight excluding hydrogens is 337 g/mol. The molecule has 0 aliphatic carbocycles. The van der Waals surface area contributed by atoms with Gasteiger partial charge >= 0.3 is 0 Å². The summed E-state index contributed by atoms with van der Waals surface area (Å²) in [7, 11) is 0. The van der Waals surface area contributed by atoms with Crippen LogP contribution >= 0.6 is 23.2 Å². The summed E-state index contributed by atoms with van der Waals surface area (Å²) in [4.78, 5) is 12.0. The first-order valence-electron chi connectivity index (χ1n) is 7.24. The third-order valence-electron chi connectivity index (χ3n) is 3.61. The topological polar surface area (TPSA) is 67.2 Å². The summed E-state index contributed by atoms with van der Waals surface area (Å²) in [6, 6.07) is 5.00. The second-order valence-corrected chi connectivity index (χ2v) is 6.30. The van der Waals surface area contributed by atoms with Gasteiger partial charge in [-0.2, -0.15) is 5.10 Å². The molecule has 1 atom stereocenters. The van der Waals surface area contributed by atoms with E-state index in [4.69, 9.17) is 28.3 Å². The number of amides is 1. The van der Waals surface area contributed by atoms with Crippen molar-refractivity contribution >= 4 is 29.1 Å². The van der Waals surface area contributed by atoms with E-state index >= 15 is 0 Å². The lowest BCUT2D eigenvalue weighted by Gasteiger charge is -2.11. The van der Waals surface area contributed by atoms with Crippen molar-refractivity contribution in [2.24, 2.45) is 0 Å². The van der Waals surface area contributed by atoms with E-state index < -0.39 is 0 Å². The van der Waals surface area contributed by atoms with Crippen LogP contribution in [0.25, 0.3) is 5.69 Å². The van der Waals surface area contributed by atoms with Crippen LogP contribution in [0.3, 0.4) is 0 Å². The molecule has 124 valence electrons. The summed E-state index contributed by atoms with van der Waals surface area (Å²) in [6.45, 7) is 5.42. The summed E-state index contributed by atoms with van der Waals surface area (Å²) < 4.78 is 1.75. The number of aliphatic hydroxyl groups excluding tert-OH is 1. The van der Waals surface area contributed by atoms with Gasteiger partial charge in [-0.25, -0.2) is 4.68 Å². The molecular formula is C16H19Cl2N3O2.